The van der Waals surface area contributed by atoms with Gasteiger partial charge in [-0.2, -0.15) is 0 Å². The van der Waals surface area contributed by atoms with Gasteiger partial charge in [0.05, 0.1) is 5.92 Å². The van der Waals surface area contributed by atoms with Gasteiger partial charge in [-0.15, -0.1) is 0 Å². The molecule has 6 heteroatoms. The van der Waals surface area contributed by atoms with Gasteiger partial charge in [0.2, 0.25) is 11.8 Å². The first kappa shape index (κ1) is 27.6. The molecule has 3 aromatic carbocycles. The number of anilines is 1. The van der Waals surface area contributed by atoms with Gasteiger partial charge in [-0.25, -0.2) is 0 Å². The Hall–Kier alpha value is -3.41. The van der Waals surface area contributed by atoms with Crippen molar-refractivity contribution in [1.29, 1.82) is 0 Å². The third kappa shape index (κ3) is 7.56. The molecule has 1 heterocycles. The molecule has 1 saturated heterocycles. The number of carbonyl (C=O) groups excluding carboxylic acids is 2. The Balaban J connectivity index is 1.27. The van der Waals surface area contributed by atoms with E-state index >= 15 is 0 Å². The maximum Gasteiger partial charge on any atom is 0.232 e. The van der Waals surface area contributed by atoms with Crippen molar-refractivity contribution >= 4 is 35.2 Å². The summed E-state index contributed by atoms with van der Waals surface area (Å²) in [5.74, 6) is 0.0630. The number of nitrogens with zero attached hydrogens (tertiary/aromatic N) is 1. The molecular weight excluding hydrogens is 494 g/mol. The number of hydrogen-bond donors (Lipinski definition) is 2. The number of nitrogens with one attached hydrogen (secondary N) is 2. The first-order valence-corrected chi connectivity index (χ1v) is 13.7. The minimum atomic E-state index is -0.393. The maximum atomic E-state index is 13.3. The molecule has 2 amide bonds. The fourth-order valence-electron chi connectivity index (χ4n) is 5.15. The molecule has 38 heavy (non-hydrogen) atoms. The van der Waals surface area contributed by atoms with Crippen molar-refractivity contribution < 1.29 is 9.59 Å². The zero-order valence-electron chi connectivity index (χ0n) is 22.0. The summed E-state index contributed by atoms with van der Waals surface area (Å²) in [5.41, 5.74) is 5.04. The summed E-state index contributed by atoms with van der Waals surface area (Å²) < 4.78 is 0. The Labute approximate surface area is 230 Å². The summed E-state index contributed by atoms with van der Waals surface area (Å²) in [7, 11) is 0. The van der Waals surface area contributed by atoms with Gasteiger partial charge in [0.15, 0.2) is 0 Å². The predicted molar refractivity (Wildman–Crippen MR) is 157 cm³/mol. The standard InChI is InChI=1S/C32H36ClN3O2/c1-3-24-8-10-26(11-9-24)31(27-12-14-29(33)15-13-27)32(38)34-18-5-19-36-20-16-25(17-21-36)28-6-4-7-30(22-28)35-23(2)37/h3-4,6-15,22,25,31H,1,5,16-21H2,2H3,(H,34,38)(H,35,37). The molecule has 0 aliphatic carbocycles. The molecule has 0 radical (unpaired) electrons. The normalized spacial score (nSPS) is 15.0. The molecule has 0 saturated carbocycles. The first-order chi connectivity index (χ1) is 18.4. The number of piperidine rings is 1. The Morgan fingerprint density at radius 2 is 1.68 bits per heavy atom. The number of amides is 2. The van der Waals surface area contributed by atoms with Gasteiger partial charge in [-0.3, -0.25) is 9.59 Å². The van der Waals surface area contributed by atoms with Gasteiger partial charge >= 0.3 is 0 Å². The molecule has 2 N–H and O–H groups in total. The van der Waals surface area contributed by atoms with E-state index in [2.05, 4.69) is 34.2 Å². The summed E-state index contributed by atoms with van der Waals surface area (Å²) in [5, 5.41) is 6.70. The van der Waals surface area contributed by atoms with E-state index in [-0.39, 0.29) is 11.8 Å². The van der Waals surface area contributed by atoms with Gasteiger partial charge in [0, 0.05) is 24.2 Å². The van der Waals surface area contributed by atoms with Gasteiger partial charge in [0.25, 0.3) is 0 Å². The average Bonchev–Trinajstić information content (AvgIpc) is 2.93. The van der Waals surface area contributed by atoms with Crippen LogP contribution in [0.3, 0.4) is 0 Å². The molecule has 0 aromatic heterocycles. The van der Waals surface area contributed by atoms with E-state index in [1.54, 1.807) is 6.08 Å². The van der Waals surface area contributed by atoms with Crippen molar-refractivity contribution in [3.8, 4) is 0 Å². The third-order valence-corrected chi connectivity index (χ3v) is 7.44. The predicted octanol–water partition coefficient (Wildman–Crippen LogP) is 6.46. The molecule has 1 unspecified atom stereocenters. The second kappa shape index (κ2) is 13.4. The quantitative estimate of drug-likeness (QED) is 0.296. The smallest absolute Gasteiger partial charge is 0.232 e. The van der Waals surface area contributed by atoms with E-state index in [9.17, 15) is 9.59 Å². The van der Waals surface area contributed by atoms with Crippen LogP contribution in [0, 0.1) is 0 Å². The molecule has 0 bridgehead atoms. The van der Waals surface area contributed by atoms with Crippen molar-refractivity contribution in [2.24, 2.45) is 0 Å². The van der Waals surface area contributed by atoms with Crippen molar-refractivity contribution in [3.05, 3.63) is 107 Å². The topological polar surface area (TPSA) is 61.4 Å². The highest BCUT2D eigenvalue weighted by atomic mass is 35.5. The fourth-order valence-corrected chi connectivity index (χ4v) is 5.28. The lowest BCUT2D eigenvalue weighted by atomic mass is 9.89. The van der Waals surface area contributed by atoms with Crippen LogP contribution in [0.15, 0.2) is 79.4 Å². The number of benzene rings is 3. The zero-order chi connectivity index (χ0) is 26.9. The zero-order valence-corrected chi connectivity index (χ0v) is 22.7. The lowest BCUT2D eigenvalue weighted by molar-refractivity contribution is -0.121. The van der Waals surface area contributed by atoms with Crippen LogP contribution in [-0.2, 0) is 9.59 Å². The van der Waals surface area contributed by atoms with E-state index in [4.69, 9.17) is 11.6 Å². The maximum absolute atomic E-state index is 13.3. The second-order valence-corrected chi connectivity index (χ2v) is 10.4. The molecule has 4 rings (SSSR count). The number of carbonyl (C=O) groups is 2. The van der Waals surface area contributed by atoms with Crippen LogP contribution in [0.5, 0.6) is 0 Å². The molecule has 1 atom stereocenters. The summed E-state index contributed by atoms with van der Waals surface area (Å²) in [6.07, 6.45) is 4.88. The van der Waals surface area contributed by atoms with Gasteiger partial charge in [0.1, 0.15) is 0 Å². The summed E-state index contributed by atoms with van der Waals surface area (Å²) in [4.78, 5) is 27.2. The van der Waals surface area contributed by atoms with Crippen molar-refractivity contribution in [2.75, 3.05) is 31.5 Å². The van der Waals surface area contributed by atoms with Crippen LogP contribution >= 0.6 is 11.6 Å². The van der Waals surface area contributed by atoms with E-state index in [1.807, 2.05) is 60.7 Å². The minimum Gasteiger partial charge on any atom is -0.355 e. The van der Waals surface area contributed by atoms with E-state index in [0.717, 1.165) is 61.3 Å². The minimum absolute atomic E-state index is 0.00330. The average molecular weight is 530 g/mol. The molecule has 1 aliphatic heterocycles. The molecule has 3 aromatic rings. The van der Waals surface area contributed by atoms with E-state index in [1.165, 1.54) is 12.5 Å². The van der Waals surface area contributed by atoms with Crippen LogP contribution in [0.1, 0.15) is 60.3 Å². The van der Waals surface area contributed by atoms with Crippen molar-refractivity contribution in [2.45, 2.75) is 38.0 Å². The lowest BCUT2D eigenvalue weighted by Gasteiger charge is -2.32. The van der Waals surface area contributed by atoms with E-state index in [0.29, 0.717) is 17.5 Å². The highest BCUT2D eigenvalue weighted by Crippen LogP contribution is 2.30. The van der Waals surface area contributed by atoms with Gasteiger partial charge < -0.3 is 15.5 Å². The Morgan fingerprint density at radius 1 is 1.03 bits per heavy atom. The Kier molecular flexibility index (Phi) is 9.74. The van der Waals surface area contributed by atoms with Gasteiger partial charge in [-0.05, 0) is 91.3 Å². The van der Waals surface area contributed by atoms with Crippen molar-refractivity contribution in [1.82, 2.24) is 10.2 Å². The summed E-state index contributed by atoms with van der Waals surface area (Å²) in [6.45, 7) is 9.01. The monoisotopic (exact) mass is 529 g/mol. The van der Waals surface area contributed by atoms with E-state index < -0.39 is 5.92 Å². The largest absolute Gasteiger partial charge is 0.355 e. The molecule has 1 aliphatic rings. The van der Waals surface area contributed by atoms with Crippen LogP contribution < -0.4 is 10.6 Å². The number of hydrogen-bond acceptors (Lipinski definition) is 3. The number of likely N-dealkylation sites (tertiary alicyclic amines) is 1. The molecule has 5 nitrogen and oxygen atoms in total. The fraction of sp³-hybridized carbons (Fsp3) is 0.312. The Morgan fingerprint density at radius 3 is 2.32 bits per heavy atom. The number of rotatable bonds is 10. The summed E-state index contributed by atoms with van der Waals surface area (Å²) in [6, 6.07) is 23.7. The summed E-state index contributed by atoms with van der Waals surface area (Å²) >= 11 is 6.10. The Bertz CT molecular complexity index is 1230. The van der Waals surface area contributed by atoms with Crippen LogP contribution in [-0.4, -0.2) is 42.9 Å². The lowest BCUT2D eigenvalue weighted by Crippen LogP contribution is -2.36. The molecule has 198 valence electrons. The van der Waals surface area contributed by atoms with Gasteiger partial charge in [-0.1, -0.05) is 72.8 Å². The second-order valence-electron chi connectivity index (χ2n) is 9.92. The van der Waals surface area contributed by atoms with Crippen LogP contribution in [0.25, 0.3) is 6.08 Å². The molecule has 0 spiro atoms. The highest BCUT2D eigenvalue weighted by Gasteiger charge is 2.23. The van der Waals surface area contributed by atoms with Crippen LogP contribution in [0.4, 0.5) is 5.69 Å². The SMILES string of the molecule is C=Cc1ccc(C(C(=O)NCCCN2CCC(c3cccc(NC(C)=O)c3)CC2)c2ccc(Cl)cc2)cc1. The van der Waals surface area contributed by atoms with Crippen LogP contribution in [0.2, 0.25) is 5.02 Å². The third-order valence-electron chi connectivity index (χ3n) is 7.19. The molecular formula is C32H36ClN3O2. The number of halogens is 1. The van der Waals surface area contributed by atoms with Crippen molar-refractivity contribution in [3.63, 3.8) is 0 Å². The molecule has 1 fully saturated rings. The first-order valence-electron chi connectivity index (χ1n) is 13.3. The highest BCUT2D eigenvalue weighted by molar-refractivity contribution is 6.30.